The number of ether oxygens (including phenoxy) is 2. The first kappa shape index (κ1) is 24.2. The molecule has 1 aromatic carbocycles. The summed E-state index contributed by atoms with van der Waals surface area (Å²) in [5.41, 5.74) is 1.59. The molecule has 0 aliphatic rings. The molecule has 0 saturated carbocycles. The van der Waals surface area contributed by atoms with Crippen molar-refractivity contribution in [3.63, 3.8) is 0 Å². The second-order valence-corrected chi connectivity index (χ2v) is 5.83. The maximum atomic E-state index is 12.6. The summed E-state index contributed by atoms with van der Waals surface area (Å²) in [5, 5.41) is 6.67. The van der Waals surface area contributed by atoms with E-state index in [9.17, 15) is 8.78 Å². The van der Waals surface area contributed by atoms with Crippen LogP contribution in [0.1, 0.15) is 11.1 Å². The van der Waals surface area contributed by atoms with E-state index in [2.05, 4.69) is 25.3 Å². The molecule has 0 saturated heterocycles. The van der Waals surface area contributed by atoms with E-state index in [1.165, 1.54) is 13.2 Å². The van der Waals surface area contributed by atoms with Crippen LogP contribution >= 0.6 is 35.6 Å². The Hall–Kier alpha value is -1.88. The highest BCUT2D eigenvalue weighted by molar-refractivity contribution is 14.0. The number of rotatable bonds is 8. The number of methoxy groups -OCH3 is 1. The van der Waals surface area contributed by atoms with Crippen molar-refractivity contribution in [2.24, 2.45) is 4.99 Å². The van der Waals surface area contributed by atoms with Crippen LogP contribution in [0.25, 0.3) is 0 Å². The first-order chi connectivity index (χ1) is 13.0. The minimum Gasteiger partial charge on any atom is -0.497 e. The van der Waals surface area contributed by atoms with Crippen molar-refractivity contribution in [2.45, 2.75) is 19.6 Å². The largest absolute Gasteiger partial charge is 0.497 e. The third-order valence-corrected chi connectivity index (χ3v) is 3.88. The number of alkyl halides is 2. The van der Waals surface area contributed by atoms with Crippen molar-refractivity contribution in [3.05, 3.63) is 52.8 Å². The van der Waals surface area contributed by atoms with E-state index in [0.717, 1.165) is 12.0 Å². The molecule has 0 atom stereocenters. The van der Waals surface area contributed by atoms with Crippen LogP contribution in [0.15, 0.2) is 41.5 Å². The van der Waals surface area contributed by atoms with Crippen LogP contribution in [0.5, 0.6) is 11.5 Å². The van der Waals surface area contributed by atoms with Gasteiger partial charge in [-0.3, -0.25) is 4.99 Å². The molecule has 154 valence electrons. The molecule has 1 heterocycles. The molecule has 0 unspecified atom stereocenters. The zero-order valence-corrected chi connectivity index (χ0v) is 18.5. The lowest BCUT2D eigenvalue weighted by atomic mass is 10.2. The summed E-state index contributed by atoms with van der Waals surface area (Å²) < 4.78 is 34.9. The predicted octanol–water partition coefficient (Wildman–Crippen LogP) is 3.87. The average molecular weight is 527 g/mol. The SMILES string of the molecule is CN=C(NCCc1ccc(Cl)nc1)NCc1ccc(OC)cc1OC(F)F.I. The highest BCUT2D eigenvalue weighted by Crippen LogP contribution is 2.26. The molecule has 28 heavy (non-hydrogen) atoms. The molecule has 0 aliphatic heterocycles. The van der Waals surface area contributed by atoms with E-state index in [1.807, 2.05) is 6.07 Å². The van der Waals surface area contributed by atoms with Crippen LogP contribution in [0, 0.1) is 0 Å². The van der Waals surface area contributed by atoms with Gasteiger partial charge < -0.3 is 20.1 Å². The Morgan fingerprint density at radius 2 is 2.04 bits per heavy atom. The van der Waals surface area contributed by atoms with E-state index in [4.69, 9.17) is 16.3 Å². The van der Waals surface area contributed by atoms with Gasteiger partial charge >= 0.3 is 6.61 Å². The number of pyridine rings is 1. The van der Waals surface area contributed by atoms with Gasteiger partial charge in [0.25, 0.3) is 0 Å². The van der Waals surface area contributed by atoms with Crippen LogP contribution in [0.3, 0.4) is 0 Å². The lowest BCUT2D eigenvalue weighted by Crippen LogP contribution is -2.38. The number of guanidine groups is 1. The highest BCUT2D eigenvalue weighted by atomic mass is 127. The van der Waals surface area contributed by atoms with Gasteiger partial charge in [0.05, 0.1) is 7.11 Å². The summed E-state index contributed by atoms with van der Waals surface area (Å²) in [5.74, 6) is 1.03. The smallest absolute Gasteiger partial charge is 0.387 e. The fourth-order valence-corrected chi connectivity index (χ4v) is 2.40. The van der Waals surface area contributed by atoms with E-state index >= 15 is 0 Å². The lowest BCUT2D eigenvalue weighted by Gasteiger charge is -2.15. The summed E-state index contributed by atoms with van der Waals surface area (Å²) >= 11 is 5.76. The quantitative estimate of drug-likeness (QED) is 0.237. The van der Waals surface area contributed by atoms with Gasteiger partial charge in [0.15, 0.2) is 5.96 Å². The van der Waals surface area contributed by atoms with Crippen LogP contribution < -0.4 is 20.1 Å². The second kappa shape index (κ2) is 12.6. The molecule has 10 heteroatoms. The van der Waals surface area contributed by atoms with Crippen LogP contribution in [0.2, 0.25) is 5.15 Å². The molecule has 6 nitrogen and oxygen atoms in total. The maximum Gasteiger partial charge on any atom is 0.387 e. The number of hydrogen-bond acceptors (Lipinski definition) is 4. The van der Waals surface area contributed by atoms with Gasteiger partial charge in [-0.1, -0.05) is 17.7 Å². The molecular formula is C18H22ClF2IN4O2. The van der Waals surface area contributed by atoms with Crippen molar-refractivity contribution in [2.75, 3.05) is 20.7 Å². The summed E-state index contributed by atoms with van der Waals surface area (Å²) in [6.45, 7) is -2.04. The predicted molar refractivity (Wildman–Crippen MR) is 116 cm³/mol. The molecule has 0 radical (unpaired) electrons. The molecule has 2 aromatic rings. The molecule has 1 aromatic heterocycles. The first-order valence-electron chi connectivity index (χ1n) is 8.18. The van der Waals surface area contributed by atoms with Crippen molar-refractivity contribution < 1.29 is 18.3 Å². The number of nitrogens with zero attached hydrogens (tertiary/aromatic N) is 2. The molecule has 0 fully saturated rings. The van der Waals surface area contributed by atoms with Crippen LogP contribution in [0.4, 0.5) is 8.78 Å². The van der Waals surface area contributed by atoms with Gasteiger partial charge in [0, 0.05) is 38.0 Å². The maximum absolute atomic E-state index is 12.6. The first-order valence-corrected chi connectivity index (χ1v) is 8.56. The Labute approximate surface area is 184 Å². The molecular weight excluding hydrogens is 505 g/mol. The zero-order chi connectivity index (χ0) is 19.6. The number of halogens is 4. The number of aliphatic imine (C=N–C) groups is 1. The fourth-order valence-electron chi connectivity index (χ4n) is 2.29. The van der Waals surface area contributed by atoms with Crippen molar-refractivity contribution >= 4 is 41.5 Å². The number of nitrogens with one attached hydrogen (secondary N) is 2. The summed E-state index contributed by atoms with van der Waals surface area (Å²) in [4.78, 5) is 8.14. The third kappa shape index (κ3) is 8.01. The van der Waals surface area contributed by atoms with Crippen molar-refractivity contribution in [1.82, 2.24) is 15.6 Å². The minimum atomic E-state index is -2.92. The second-order valence-electron chi connectivity index (χ2n) is 5.44. The Morgan fingerprint density at radius 1 is 1.25 bits per heavy atom. The zero-order valence-electron chi connectivity index (χ0n) is 15.4. The minimum absolute atomic E-state index is 0. The van der Waals surface area contributed by atoms with Crippen LogP contribution in [-0.4, -0.2) is 38.3 Å². The number of benzene rings is 1. The molecule has 0 bridgehead atoms. The summed E-state index contributed by atoms with van der Waals surface area (Å²) in [6, 6.07) is 8.40. The van der Waals surface area contributed by atoms with Gasteiger partial charge in [-0.25, -0.2) is 4.98 Å². The monoisotopic (exact) mass is 526 g/mol. The van der Waals surface area contributed by atoms with Crippen LogP contribution in [-0.2, 0) is 13.0 Å². The molecule has 0 spiro atoms. The standard InChI is InChI=1S/C18H21ClF2N4O2.HI/c1-22-18(23-8-7-12-3-6-16(19)24-10-12)25-11-13-4-5-14(26-2)9-15(13)27-17(20)21;/h3-6,9-10,17H,7-8,11H2,1-2H3,(H2,22,23,25);1H. The van der Waals surface area contributed by atoms with Gasteiger partial charge in [0.2, 0.25) is 0 Å². The van der Waals surface area contributed by atoms with Gasteiger partial charge in [0.1, 0.15) is 16.7 Å². The third-order valence-electron chi connectivity index (χ3n) is 3.66. The Kier molecular flexibility index (Phi) is 10.8. The molecule has 0 aliphatic carbocycles. The lowest BCUT2D eigenvalue weighted by molar-refractivity contribution is -0.0505. The van der Waals surface area contributed by atoms with E-state index < -0.39 is 6.61 Å². The molecule has 2 rings (SSSR count). The van der Waals surface area contributed by atoms with E-state index in [0.29, 0.717) is 29.0 Å². The normalized spacial score (nSPS) is 11.0. The fraction of sp³-hybridized carbons (Fsp3) is 0.333. The van der Waals surface area contributed by atoms with Gasteiger partial charge in [-0.15, -0.1) is 24.0 Å². The Bertz CT molecular complexity index is 764. The van der Waals surface area contributed by atoms with Crippen molar-refractivity contribution in [3.8, 4) is 11.5 Å². The summed E-state index contributed by atoms with van der Waals surface area (Å²) in [7, 11) is 3.09. The highest BCUT2D eigenvalue weighted by Gasteiger charge is 2.11. The Morgan fingerprint density at radius 3 is 2.64 bits per heavy atom. The van der Waals surface area contributed by atoms with Crippen molar-refractivity contribution in [1.29, 1.82) is 0 Å². The van der Waals surface area contributed by atoms with E-state index in [-0.39, 0.29) is 36.3 Å². The Balaban J connectivity index is 0.00000392. The van der Waals surface area contributed by atoms with Gasteiger partial charge in [-0.05, 0) is 30.2 Å². The average Bonchev–Trinajstić information content (AvgIpc) is 2.66. The number of hydrogen-bond donors (Lipinski definition) is 2. The molecule has 2 N–H and O–H groups in total. The summed E-state index contributed by atoms with van der Waals surface area (Å²) in [6.07, 6.45) is 2.44. The van der Waals surface area contributed by atoms with E-state index in [1.54, 1.807) is 31.4 Å². The number of aromatic nitrogens is 1. The molecule has 0 amide bonds. The van der Waals surface area contributed by atoms with Gasteiger partial charge in [-0.2, -0.15) is 8.78 Å². The topological polar surface area (TPSA) is 67.8 Å².